The fourth-order valence-electron chi connectivity index (χ4n) is 4.05. The first-order chi connectivity index (χ1) is 16.6. The van der Waals surface area contributed by atoms with E-state index in [0.717, 1.165) is 31.0 Å². The molecule has 0 unspecified atom stereocenters. The molecule has 8 nitrogen and oxygen atoms in total. The van der Waals surface area contributed by atoms with Crippen LogP contribution in [-0.4, -0.2) is 84.1 Å². The first-order valence-electron chi connectivity index (χ1n) is 12.0. The monoisotopic (exact) mass is 468 g/mol. The molecule has 2 heterocycles. The number of hydrogen-bond acceptors (Lipinski definition) is 8. The third-order valence-electron chi connectivity index (χ3n) is 5.67. The van der Waals surface area contributed by atoms with Crippen molar-refractivity contribution in [1.29, 1.82) is 0 Å². The highest BCUT2D eigenvalue weighted by Gasteiger charge is 2.19. The Balaban J connectivity index is 1.81. The number of carbonyl (C=O) groups is 2. The van der Waals surface area contributed by atoms with Gasteiger partial charge in [0.15, 0.2) is 0 Å². The molecule has 0 aliphatic carbocycles. The summed E-state index contributed by atoms with van der Waals surface area (Å²) < 4.78 is 10.4. The quantitative estimate of drug-likeness (QED) is 0.547. The van der Waals surface area contributed by atoms with Crippen LogP contribution in [0.15, 0.2) is 48.5 Å². The minimum atomic E-state index is -0.221. The van der Waals surface area contributed by atoms with E-state index in [1.54, 1.807) is 0 Å². The predicted octanol–water partition coefficient (Wildman–Crippen LogP) is 2.33. The number of fused-ring (bicyclic) bond motifs is 2. The van der Waals surface area contributed by atoms with Crippen LogP contribution in [0.5, 0.6) is 0 Å². The van der Waals surface area contributed by atoms with E-state index in [4.69, 9.17) is 14.5 Å². The molecule has 1 aliphatic rings. The van der Waals surface area contributed by atoms with Crippen molar-refractivity contribution >= 4 is 11.9 Å². The number of rotatable bonds is 8. The number of aromatic nitrogens is 1. The summed E-state index contributed by atoms with van der Waals surface area (Å²) in [6.45, 7) is 9.73. The number of carbonyl (C=O) groups excluding carboxylic acids is 2. The minimum Gasteiger partial charge on any atom is -0.465 e. The normalized spacial score (nSPS) is 16.3. The Labute approximate surface area is 202 Å². The van der Waals surface area contributed by atoms with Gasteiger partial charge in [-0.2, -0.15) is 0 Å². The second kappa shape index (κ2) is 13.8. The molecular formula is C26H36N4O4. The molecule has 0 spiro atoms. The summed E-state index contributed by atoms with van der Waals surface area (Å²) in [5.74, 6) is -0.443. The summed E-state index contributed by atoms with van der Waals surface area (Å²) in [7, 11) is 0. The van der Waals surface area contributed by atoms with E-state index in [1.807, 2.05) is 50.2 Å². The van der Waals surface area contributed by atoms with Crippen molar-refractivity contribution in [1.82, 2.24) is 19.7 Å². The highest BCUT2D eigenvalue weighted by molar-refractivity contribution is 5.72. The number of benzene rings is 1. The predicted molar refractivity (Wildman–Crippen MR) is 130 cm³/mol. The third kappa shape index (κ3) is 8.85. The lowest BCUT2D eigenvalue weighted by molar-refractivity contribution is -0.145. The molecular weight excluding hydrogens is 432 g/mol. The van der Waals surface area contributed by atoms with Crippen molar-refractivity contribution < 1.29 is 19.1 Å². The van der Waals surface area contributed by atoms with Crippen molar-refractivity contribution in [3.8, 4) is 0 Å². The number of ether oxygens (including phenoxy) is 2. The van der Waals surface area contributed by atoms with Gasteiger partial charge in [0, 0.05) is 45.8 Å². The lowest BCUT2D eigenvalue weighted by Crippen LogP contribution is -2.42. The Kier molecular flexibility index (Phi) is 10.5. The van der Waals surface area contributed by atoms with Gasteiger partial charge in [-0.1, -0.05) is 36.4 Å². The molecule has 1 aromatic carbocycles. The van der Waals surface area contributed by atoms with E-state index in [0.29, 0.717) is 39.4 Å². The SMILES string of the molecule is CCOC(=O)CN1CCN(Cc2ccccc2)CCN(CC(=O)OCC)Cc2cccc(n2)C1. The molecule has 1 aromatic heterocycles. The van der Waals surface area contributed by atoms with E-state index >= 15 is 0 Å². The van der Waals surface area contributed by atoms with Gasteiger partial charge in [0.25, 0.3) is 0 Å². The van der Waals surface area contributed by atoms with E-state index < -0.39 is 0 Å². The molecule has 1 aliphatic heterocycles. The lowest BCUT2D eigenvalue weighted by Gasteiger charge is -2.30. The van der Waals surface area contributed by atoms with E-state index in [9.17, 15) is 9.59 Å². The highest BCUT2D eigenvalue weighted by Crippen LogP contribution is 2.11. The number of nitrogens with zero attached hydrogens (tertiary/aromatic N) is 4. The molecule has 8 heteroatoms. The summed E-state index contributed by atoms with van der Waals surface area (Å²) in [4.78, 5) is 35.8. The maximum absolute atomic E-state index is 12.2. The maximum Gasteiger partial charge on any atom is 0.320 e. The standard InChI is InChI=1S/C26H36N4O4/c1-3-33-25(31)20-29-15-13-28(17-22-9-6-5-7-10-22)14-16-30(21-26(32)34-4-2)19-24-12-8-11-23(18-29)27-24/h5-12H,3-4,13-21H2,1-2H3. The van der Waals surface area contributed by atoms with Crippen LogP contribution in [0.4, 0.5) is 0 Å². The van der Waals surface area contributed by atoms with Gasteiger partial charge in [-0.3, -0.25) is 29.3 Å². The van der Waals surface area contributed by atoms with Crippen LogP contribution >= 0.6 is 0 Å². The van der Waals surface area contributed by atoms with Gasteiger partial charge in [-0.05, 0) is 31.5 Å². The summed E-state index contributed by atoms with van der Waals surface area (Å²) in [6.07, 6.45) is 0. The van der Waals surface area contributed by atoms with E-state index in [-0.39, 0.29) is 25.0 Å². The third-order valence-corrected chi connectivity index (χ3v) is 5.67. The zero-order valence-corrected chi connectivity index (χ0v) is 20.3. The van der Waals surface area contributed by atoms with Crippen LogP contribution in [0.2, 0.25) is 0 Å². The molecule has 3 rings (SSSR count). The van der Waals surface area contributed by atoms with Gasteiger partial charge < -0.3 is 9.47 Å². The molecule has 0 fully saturated rings. The lowest BCUT2D eigenvalue weighted by atomic mass is 10.2. The average Bonchev–Trinajstić information content (AvgIpc) is 2.81. The van der Waals surface area contributed by atoms with Crippen molar-refractivity contribution in [3.05, 3.63) is 65.5 Å². The van der Waals surface area contributed by atoms with Crippen molar-refractivity contribution in [2.75, 3.05) is 52.5 Å². The van der Waals surface area contributed by atoms with Gasteiger partial charge in [0.2, 0.25) is 0 Å². The summed E-state index contributed by atoms with van der Waals surface area (Å²) in [5, 5.41) is 0. The van der Waals surface area contributed by atoms with Crippen molar-refractivity contribution in [3.63, 3.8) is 0 Å². The van der Waals surface area contributed by atoms with Gasteiger partial charge in [0.05, 0.1) is 37.7 Å². The maximum atomic E-state index is 12.2. The average molecular weight is 469 g/mol. The Hall–Kier alpha value is -2.81. The Morgan fingerprint density at radius 3 is 1.74 bits per heavy atom. The van der Waals surface area contributed by atoms with Crippen LogP contribution in [0, 0.1) is 0 Å². The topological polar surface area (TPSA) is 75.2 Å². The molecule has 0 atom stereocenters. The number of pyridine rings is 1. The Bertz CT molecular complexity index is 859. The first kappa shape index (κ1) is 25.8. The smallest absolute Gasteiger partial charge is 0.320 e. The Morgan fingerprint density at radius 2 is 1.24 bits per heavy atom. The summed E-state index contributed by atoms with van der Waals surface area (Å²) in [6, 6.07) is 16.3. The fraction of sp³-hybridized carbons (Fsp3) is 0.500. The molecule has 34 heavy (non-hydrogen) atoms. The molecule has 0 saturated heterocycles. The first-order valence-corrected chi connectivity index (χ1v) is 12.0. The second-order valence-electron chi connectivity index (χ2n) is 8.41. The molecule has 2 bridgehead atoms. The molecule has 184 valence electrons. The van der Waals surface area contributed by atoms with Gasteiger partial charge in [-0.25, -0.2) is 0 Å². The van der Waals surface area contributed by atoms with Gasteiger partial charge >= 0.3 is 11.9 Å². The zero-order valence-electron chi connectivity index (χ0n) is 20.3. The molecule has 0 radical (unpaired) electrons. The van der Waals surface area contributed by atoms with Crippen LogP contribution in [0.1, 0.15) is 30.8 Å². The second-order valence-corrected chi connectivity index (χ2v) is 8.41. The van der Waals surface area contributed by atoms with Crippen molar-refractivity contribution in [2.45, 2.75) is 33.5 Å². The molecule has 2 aromatic rings. The highest BCUT2D eigenvalue weighted by atomic mass is 16.5. The number of hydrogen-bond donors (Lipinski definition) is 0. The largest absolute Gasteiger partial charge is 0.465 e. The summed E-state index contributed by atoms with van der Waals surface area (Å²) >= 11 is 0. The number of esters is 2. The van der Waals surface area contributed by atoms with Crippen molar-refractivity contribution in [2.24, 2.45) is 0 Å². The molecule has 0 saturated carbocycles. The zero-order chi connectivity index (χ0) is 24.2. The summed E-state index contributed by atoms with van der Waals surface area (Å²) in [5.41, 5.74) is 3.02. The Morgan fingerprint density at radius 1 is 0.735 bits per heavy atom. The van der Waals surface area contributed by atoms with Gasteiger partial charge in [0.1, 0.15) is 0 Å². The van der Waals surface area contributed by atoms with Crippen LogP contribution in [0.25, 0.3) is 0 Å². The van der Waals surface area contributed by atoms with Crippen LogP contribution in [-0.2, 0) is 38.7 Å². The van der Waals surface area contributed by atoms with Gasteiger partial charge in [-0.15, -0.1) is 0 Å². The minimum absolute atomic E-state index is 0.221. The van der Waals surface area contributed by atoms with E-state index in [2.05, 4.69) is 26.8 Å². The molecule has 0 amide bonds. The molecule has 0 N–H and O–H groups in total. The fourth-order valence-corrected chi connectivity index (χ4v) is 4.05. The van der Waals surface area contributed by atoms with Crippen LogP contribution in [0.3, 0.4) is 0 Å². The van der Waals surface area contributed by atoms with E-state index in [1.165, 1.54) is 5.56 Å². The van der Waals surface area contributed by atoms with Crippen LogP contribution < -0.4 is 0 Å².